The first-order valence-electron chi connectivity index (χ1n) is 11.2. The third kappa shape index (κ3) is 2.26. The van der Waals surface area contributed by atoms with Gasteiger partial charge in [-0.2, -0.15) is 0 Å². The molecule has 31 heavy (non-hydrogen) atoms. The van der Waals surface area contributed by atoms with Crippen molar-refractivity contribution in [2.75, 3.05) is 6.54 Å². The van der Waals surface area contributed by atoms with Crippen LogP contribution in [0.1, 0.15) is 74.1 Å². The Hall–Kier alpha value is -2.12. The van der Waals surface area contributed by atoms with Crippen molar-refractivity contribution >= 4 is 23.8 Å². The molecule has 4 bridgehead atoms. The Morgan fingerprint density at radius 3 is 1.58 bits per heavy atom. The van der Waals surface area contributed by atoms with Gasteiger partial charge in [0, 0.05) is 23.4 Å². The fraction of sp³-hybridized carbons (Fsp3) is 0.826. The first-order chi connectivity index (χ1) is 14.1. The number of carbonyl (C=O) groups is 4. The molecule has 2 saturated heterocycles. The summed E-state index contributed by atoms with van der Waals surface area (Å²) < 4.78 is 11.2. The van der Waals surface area contributed by atoms with Crippen molar-refractivity contribution < 1.29 is 28.7 Å². The van der Waals surface area contributed by atoms with Gasteiger partial charge in [0.1, 0.15) is 0 Å². The molecule has 172 valence electrons. The van der Waals surface area contributed by atoms with E-state index in [4.69, 9.17) is 9.47 Å². The zero-order valence-corrected chi connectivity index (χ0v) is 19.6. The maximum absolute atomic E-state index is 13.2. The Kier molecular flexibility index (Phi) is 4.28. The number of esters is 2. The Balaban J connectivity index is 1.41. The highest BCUT2D eigenvalue weighted by molar-refractivity contribution is 5.97. The lowest BCUT2D eigenvalue weighted by atomic mass is 9.66. The first-order valence-corrected chi connectivity index (χ1v) is 11.2. The van der Waals surface area contributed by atoms with E-state index in [1.165, 1.54) is 0 Å². The van der Waals surface area contributed by atoms with Crippen molar-refractivity contribution in [2.24, 2.45) is 21.7 Å². The average Bonchev–Trinajstić information content (AvgIpc) is 3.14. The number of rotatable bonds is 5. The van der Waals surface area contributed by atoms with E-state index in [-0.39, 0.29) is 30.3 Å². The standard InChI is InChI=1S/C23H34N2O6/c1-13(25-15(27)23-11-9-21(7,17(29)31-23)19(23,4)5)12-24-14(26)22-10-8-20(6,16(28)30-22)18(22,2)3/h13H,8-12H2,1-7H3,(H,24,26)(H,25,27)/t13?,20?,21-,22?,23+/m0/s1. The lowest BCUT2D eigenvalue weighted by molar-refractivity contribution is -0.169. The molecule has 2 saturated carbocycles. The van der Waals surface area contributed by atoms with E-state index in [0.717, 1.165) is 0 Å². The van der Waals surface area contributed by atoms with Crippen LogP contribution in [0.15, 0.2) is 0 Å². The molecule has 2 heterocycles. The minimum absolute atomic E-state index is 0.179. The number of ether oxygens (including phenoxy) is 2. The lowest BCUT2D eigenvalue weighted by Crippen LogP contribution is -2.58. The molecule has 0 radical (unpaired) electrons. The number of hydrogen-bond donors (Lipinski definition) is 2. The van der Waals surface area contributed by atoms with Crippen LogP contribution in [0.25, 0.3) is 0 Å². The molecule has 2 N–H and O–H groups in total. The van der Waals surface area contributed by atoms with Gasteiger partial charge in [-0.05, 0) is 46.5 Å². The van der Waals surface area contributed by atoms with E-state index in [1.54, 1.807) is 6.92 Å². The molecule has 8 nitrogen and oxygen atoms in total. The summed E-state index contributed by atoms with van der Waals surface area (Å²) in [4.78, 5) is 51.1. The number of carbonyl (C=O) groups excluding carboxylic acids is 4. The van der Waals surface area contributed by atoms with Crippen LogP contribution in [-0.2, 0) is 28.7 Å². The highest BCUT2D eigenvalue weighted by Gasteiger charge is 2.76. The third-order valence-electron chi connectivity index (χ3n) is 9.85. The topological polar surface area (TPSA) is 111 Å². The average molecular weight is 435 g/mol. The molecule has 2 aliphatic carbocycles. The minimum atomic E-state index is -1.19. The van der Waals surface area contributed by atoms with Crippen molar-refractivity contribution in [3.05, 3.63) is 0 Å². The summed E-state index contributed by atoms with van der Waals surface area (Å²) in [5.74, 6) is -1.30. The normalized spacial score (nSPS) is 42.2. The summed E-state index contributed by atoms with van der Waals surface area (Å²) in [6.45, 7) is 13.3. The van der Waals surface area contributed by atoms with Crippen LogP contribution < -0.4 is 10.6 Å². The van der Waals surface area contributed by atoms with Crippen LogP contribution in [0.4, 0.5) is 0 Å². The van der Waals surface area contributed by atoms with Crippen molar-refractivity contribution in [1.82, 2.24) is 10.6 Å². The van der Waals surface area contributed by atoms with Crippen molar-refractivity contribution in [3.63, 3.8) is 0 Å². The molecule has 8 heteroatoms. The Morgan fingerprint density at radius 1 is 0.806 bits per heavy atom. The summed E-state index contributed by atoms with van der Waals surface area (Å²) in [5, 5.41) is 5.79. The van der Waals surface area contributed by atoms with Crippen LogP contribution in [0.2, 0.25) is 0 Å². The molecule has 4 rings (SSSR count). The quantitative estimate of drug-likeness (QED) is 0.639. The van der Waals surface area contributed by atoms with Gasteiger partial charge < -0.3 is 20.1 Å². The molecule has 4 fully saturated rings. The smallest absolute Gasteiger partial charge is 0.313 e. The maximum Gasteiger partial charge on any atom is 0.313 e. The molecule has 2 amide bonds. The van der Waals surface area contributed by atoms with Crippen molar-refractivity contribution in [1.29, 1.82) is 0 Å². The molecule has 3 unspecified atom stereocenters. The van der Waals surface area contributed by atoms with E-state index in [1.807, 2.05) is 41.5 Å². The number of amides is 2. The molecule has 4 aliphatic rings. The van der Waals surface area contributed by atoms with Crippen LogP contribution in [0.5, 0.6) is 0 Å². The number of nitrogens with one attached hydrogen (secondary N) is 2. The lowest BCUT2D eigenvalue weighted by Gasteiger charge is -2.37. The molecule has 0 aromatic heterocycles. The van der Waals surface area contributed by atoms with Crippen molar-refractivity contribution in [3.8, 4) is 0 Å². The van der Waals surface area contributed by atoms with Gasteiger partial charge in [0.15, 0.2) is 11.2 Å². The van der Waals surface area contributed by atoms with Crippen LogP contribution >= 0.6 is 0 Å². The zero-order valence-electron chi connectivity index (χ0n) is 19.6. The Bertz CT molecular complexity index is 896. The second-order valence-corrected chi connectivity index (χ2v) is 11.4. The predicted molar refractivity (Wildman–Crippen MR) is 111 cm³/mol. The zero-order chi connectivity index (χ0) is 23.3. The number of fused-ring (bicyclic) bond motifs is 4. The van der Waals surface area contributed by atoms with Gasteiger partial charge >= 0.3 is 11.9 Å². The van der Waals surface area contributed by atoms with E-state index in [2.05, 4.69) is 10.6 Å². The summed E-state index contributed by atoms with van der Waals surface area (Å²) in [5.41, 5.74) is -4.96. The summed E-state index contributed by atoms with van der Waals surface area (Å²) in [6, 6.07) is -0.391. The highest BCUT2D eigenvalue weighted by atomic mass is 16.6. The highest BCUT2D eigenvalue weighted by Crippen LogP contribution is 2.66. The Labute approximate surface area is 183 Å². The molecule has 0 spiro atoms. The summed E-state index contributed by atoms with van der Waals surface area (Å²) in [7, 11) is 0. The minimum Gasteiger partial charge on any atom is -0.448 e. The summed E-state index contributed by atoms with van der Waals surface area (Å²) >= 11 is 0. The van der Waals surface area contributed by atoms with E-state index in [0.29, 0.717) is 25.7 Å². The van der Waals surface area contributed by atoms with Crippen LogP contribution in [-0.4, -0.2) is 47.5 Å². The SMILES string of the molecule is CC(CNC(=O)C12CCC(C)(C(=O)O1)C2(C)C)NC(=O)[C@@]12CC[C@@](C)(C(=O)O1)C2(C)C. The predicted octanol–water partition coefficient (Wildman–Crippen LogP) is 1.85. The second-order valence-electron chi connectivity index (χ2n) is 11.4. The largest absolute Gasteiger partial charge is 0.448 e. The van der Waals surface area contributed by atoms with Gasteiger partial charge in [-0.15, -0.1) is 0 Å². The first kappa shape index (κ1) is 22.1. The molecular weight excluding hydrogens is 400 g/mol. The van der Waals surface area contributed by atoms with Crippen LogP contribution in [0, 0.1) is 21.7 Å². The van der Waals surface area contributed by atoms with E-state index < -0.39 is 38.9 Å². The van der Waals surface area contributed by atoms with Gasteiger partial charge in [0.05, 0.1) is 10.8 Å². The third-order valence-corrected chi connectivity index (χ3v) is 9.85. The van der Waals surface area contributed by atoms with Gasteiger partial charge in [-0.3, -0.25) is 19.2 Å². The maximum atomic E-state index is 13.2. The fourth-order valence-corrected chi connectivity index (χ4v) is 6.27. The molecule has 0 aromatic carbocycles. The Morgan fingerprint density at radius 2 is 1.23 bits per heavy atom. The van der Waals surface area contributed by atoms with Gasteiger partial charge in [0.2, 0.25) is 0 Å². The van der Waals surface area contributed by atoms with Gasteiger partial charge in [-0.25, -0.2) is 0 Å². The van der Waals surface area contributed by atoms with Crippen LogP contribution in [0.3, 0.4) is 0 Å². The van der Waals surface area contributed by atoms with E-state index >= 15 is 0 Å². The van der Waals surface area contributed by atoms with Gasteiger partial charge in [0.25, 0.3) is 11.8 Å². The molecule has 2 aliphatic heterocycles. The molecular formula is C23H34N2O6. The number of hydrogen-bond acceptors (Lipinski definition) is 6. The van der Waals surface area contributed by atoms with Crippen molar-refractivity contribution in [2.45, 2.75) is 91.4 Å². The fourth-order valence-electron chi connectivity index (χ4n) is 6.27. The molecule has 0 aromatic rings. The van der Waals surface area contributed by atoms with E-state index in [9.17, 15) is 19.2 Å². The summed E-state index contributed by atoms with van der Waals surface area (Å²) in [6.07, 6.45) is 2.19. The second kappa shape index (κ2) is 6.01. The monoisotopic (exact) mass is 434 g/mol. The van der Waals surface area contributed by atoms with Gasteiger partial charge in [-0.1, -0.05) is 27.7 Å². The molecule has 5 atom stereocenters.